The molecule has 39 heavy (non-hydrogen) atoms. The molecule has 1 fully saturated rings. The van der Waals surface area contributed by atoms with E-state index < -0.39 is 76.0 Å². The van der Waals surface area contributed by atoms with E-state index in [0.717, 1.165) is 44.2 Å². The highest BCUT2D eigenvalue weighted by Crippen LogP contribution is 2.42. The predicted octanol–water partition coefficient (Wildman–Crippen LogP) is 1.44. The number of benzene rings is 1. The molecule has 0 amide bonds. The maximum Gasteiger partial charge on any atom is 0.332 e. The Bertz CT molecular complexity index is 1110. The smallest absolute Gasteiger partial charge is 0.332 e. The molecule has 0 aromatic heterocycles. The Kier molecular flexibility index (Phi) is 10.9. The maximum atomic E-state index is 14.0. The van der Waals surface area contributed by atoms with E-state index in [-0.39, 0.29) is 18.5 Å². The van der Waals surface area contributed by atoms with Gasteiger partial charge in [0.05, 0.1) is 24.5 Å². The van der Waals surface area contributed by atoms with Gasteiger partial charge in [-0.25, -0.2) is 17.6 Å². The number of nitrogens with one attached hydrogen (secondary N) is 1. The van der Waals surface area contributed by atoms with Crippen LogP contribution >= 0.6 is 0 Å². The number of aliphatic hydroxyl groups excluding tert-OH is 4. The molecule has 3 rings (SSSR count). The number of carboxylic acid groups (broad SMARTS) is 1. The van der Waals surface area contributed by atoms with Crippen molar-refractivity contribution >= 4 is 21.7 Å². The summed E-state index contributed by atoms with van der Waals surface area (Å²) in [4.78, 5) is 12.2. The summed E-state index contributed by atoms with van der Waals surface area (Å²) >= 11 is 0. The summed E-state index contributed by atoms with van der Waals surface area (Å²) in [6, 6.07) is 3.70. The van der Waals surface area contributed by atoms with Crippen LogP contribution in [0.4, 0.5) is 10.1 Å². The standard InChI is InChI=1S/C26H38FNO10S/c1-2-3-4-5-6-7-16-12-17(27)8-9-19(16)28-39(35,36)22-10-11-26(13-18(22)25(33)34)37-23(20(31)14-29)24(38-26)21(32)15-30/h8-9,12-13,20-24,28-32H,2-7,10-11,14-15H2,1H3,(H,33,34). The summed E-state index contributed by atoms with van der Waals surface area (Å²) in [5.74, 6) is -3.86. The topological polar surface area (TPSA) is 183 Å². The number of anilines is 1. The normalized spacial score (nSPS) is 26.8. The van der Waals surface area contributed by atoms with Crippen LogP contribution in [0.15, 0.2) is 29.8 Å². The first kappa shape index (κ1) is 31.4. The van der Waals surface area contributed by atoms with Crippen molar-refractivity contribution in [2.75, 3.05) is 17.9 Å². The number of hydrogen-bond donors (Lipinski definition) is 6. The quantitative estimate of drug-likeness (QED) is 0.178. The van der Waals surface area contributed by atoms with Crippen molar-refractivity contribution in [2.45, 2.75) is 93.7 Å². The van der Waals surface area contributed by atoms with Crippen LogP contribution in [0.1, 0.15) is 57.4 Å². The molecule has 2 aliphatic rings. The van der Waals surface area contributed by atoms with Crippen LogP contribution in [0.2, 0.25) is 0 Å². The van der Waals surface area contributed by atoms with Gasteiger partial charge in [0, 0.05) is 6.42 Å². The average Bonchev–Trinajstić information content (AvgIpc) is 3.27. The molecule has 1 heterocycles. The summed E-state index contributed by atoms with van der Waals surface area (Å²) in [6.07, 6.45) is 0.157. The van der Waals surface area contributed by atoms with Crippen molar-refractivity contribution in [1.29, 1.82) is 0 Å². The van der Waals surface area contributed by atoms with Gasteiger partial charge in [-0.05, 0) is 49.1 Å². The lowest BCUT2D eigenvalue weighted by molar-refractivity contribution is -0.163. The fourth-order valence-corrected chi connectivity index (χ4v) is 6.61. The lowest BCUT2D eigenvalue weighted by Gasteiger charge is -2.33. The van der Waals surface area contributed by atoms with Gasteiger partial charge in [0.1, 0.15) is 35.5 Å². The summed E-state index contributed by atoms with van der Waals surface area (Å²) in [5.41, 5.74) is 0.0863. The summed E-state index contributed by atoms with van der Waals surface area (Å²) in [7, 11) is -4.33. The van der Waals surface area contributed by atoms with Crippen molar-refractivity contribution in [3.63, 3.8) is 0 Å². The number of aryl methyl sites for hydroxylation is 1. The molecule has 1 aromatic rings. The van der Waals surface area contributed by atoms with Gasteiger partial charge in [-0.15, -0.1) is 0 Å². The van der Waals surface area contributed by atoms with Crippen molar-refractivity contribution in [3.8, 4) is 0 Å². The van der Waals surface area contributed by atoms with E-state index in [1.165, 1.54) is 12.1 Å². The molecule has 1 aromatic carbocycles. The molecule has 0 radical (unpaired) electrons. The predicted molar refractivity (Wildman–Crippen MR) is 139 cm³/mol. The maximum absolute atomic E-state index is 14.0. The van der Waals surface area contributed by atoms with Crippen molar-refractivity contribution in [1.82, 2.24) is 0 Å². The van der Waals surface area contributed by atoms with E-state index in [2.05, 4.69) is 11.6 Å². The molecule has 1 aliphatic heterocycles. The van der Waals surface area contributed by atoms with E-state index in [1.807, 2.05) is 0 Å². The molecule has 5 atom stereocenters. The number of halogens is 1. The number of rotatable bonds is 14. The number of hydrogen-bond acceptors (Lipinski definition) is 9. The minimum atomic E-state index is -4.33. The number of aliphatic carboxylic acids is 1. The second-order valence-corrected chi connectivity index (χ2v) is 11.9. The average molecular weight is 576 g/mol. The van der Waals surface area contributed by atoms with Crippen LogP contribution in [0.5, 0.6) is 0 Å². The zero-order chi connectivity index (χ0) is 28.8. The van der Waals surface area contributed by atoms with E-state index in [9.17, 15) is 43.1 Å². The molecule has 1 saturated heterocycles. The Labute approximate surface area is 227 Å². The van der Waals surface area contributed by atoms with E-state index in [1.54, 1.807) is 0 Å². The van der Waals surface area contributed by atoms with Gasteiger partial charge in [0.2, 0.25) is 10.0 Å². The van der Waals surface area contributed by atoms with Crippen LogP contribution in [-0.4, -0.2) is 88.6 Å². The molecular formula is C26H38FNO10S. The summed E-state index contributed by atoms with van der Waals surface area (Å²) in [6.45, 7) is 0.576. The Morgan fingerprint density at radius 3 is 2.28 bits per heavy atom. The third-order valence-electron chi connectivity index (χ3n) is 7.10. The molecule has 5 unspecified atom stereocenters. The van der Waals surface area contributed by atoms with Crippen molar-refractivity contribution in [2.24, 2.45) is 0 Å². The largest absolute Gasteiger partial charge is 0.478 e. The number of carbonyl (C=O) groups is 1. The zero-order valence-electron chi connectivity index (χ0n) is 21.8. The first-order chi connectivity index (χ1) is 18.5. The van der Waals surface area contributed by atoms with Gasteiger partial charge in [-0.1, -0.05) is 32.6 Å². The van der Waals surface area contributed by atoms with E-state index >= 15 is 0 Å². The van der Waals surface area contributed by atoms with Crippen molar-refractivity contribution in [3.05, 3.63) is 41.2 Å². The van der Waals surface area contributed by atoms with Crippen molar-refractivity contribution < 1.29 is 52.6 Å². The van der Waals surface area contributed by atoms with E-state index in [0.29, 0.717) is 12.0 Å². The minimum Gasteiger partial charge on any atom is -0.478 e. The van der Waals surface area contributed by atoms with Crippen LogP contribution in [0, 0.1) is 5.82 Å². The number of aliphatic hydroxyl groups is 4. The van der Waals surface area contributed by atoms with Gasteiger partial charge in [0.25, 0.3) is 0 Å². The third-order valence-corrected chi connectivity index (χ3v) is 8.84. The van der Waals surface area contributed by atoms with Crippen LogP contribution < -0.4 is 4.72 Å². The Morgan fingerprint density at radius 2 is 1.72 bits per heavy atom. The lowest BCUT2D eigenvalue weighted by Crippen LogP contribution is -2.45. The number of carboxylic acids is 1. The van der Waals surface area contributed by atoms with Crippen LogP contribution in [0.25, 0.3) is 0 Å². The molecule has 0 saturated carbocycles. The fraction of sp³-hybridized carbons (Fsp3) is 0.654. The van der Waals surface area contributed by atoms with Gasteiger partial charge >= 0.3 is 5.97 Å². The molecule has 0 bridgehead atoms. The Hall–Kier alpha value is -2.13. The van der Waals surface area contributed by atoms with Gasteiger partial charge in [-0.3, -0.25) is 4.72 Å². The summed E-state index contributed by atoms with van der Waals surface area (Å²) < 4.78 is 54.8. The lowest BCUT2D eigenvalue weighted by atomic mass is 9.94. The second kappa shape index (κ2) is 13.5. The van der Waals surface area contributed by atoms with Gasteiger partial charge in [0.15, 0.2) is 5.79 Å². The number of unbranched alkanes of at least 4 members (excludes halogenated alkanes) is 4. The number of sulfonamides is 1. The Balaban J connectivity index is 1.86. The van der Waals surface area contributed by atoms with Gasteiger partial charge < -0.3 is 35.0 Å². The molecule has 6 N–H and O–H groups in total. The first-order valence-corrected chi connectivity index (χ1v) is 14.7. The first-order valence-electron chi connectivity index (χ1n) is 13.2. The SMILES string of the molecule is CCCCCCCc1cc(F)ccc1NS(=O)(=O)C1CCC2(C=C1C(=O)O)OC(C(O)CO)C(C(O)CO)O2. The summed E-state index contributed by atoms with van der Waals surface area (Å²) in [5, 5.41) is 47.4. The molecular weight excluding hydrogens is 537 g/mol. The molecule has 1 spiro atoms. The highest BCUT2D eigenvalue weighted by Gasteiger charge is 2.54. The van der Waals surface area contributed by atoms with Crippen LogP contribution in [-0.2, 0) is 30.7 Å². The minimum absolute atomic E-state index is 0.160. The van der Waals surface area contributed by atoms with E-state index in [4.69, 9.17) is 9.47 Å². The highest BCUT2D eigenvalue weighted by atomic mass is 32.2. The third kappa shape index (κ3) is 7.54. The molecule has 220 valence electrons. The van der Waals surface area contributed by atoms with Crippen LogP contribution in [0.3, 0.4) is 0 Å². The highest BCUT2D eigenvalue weighted by molar-refractivity contribution is 7.93. The number of ether oxygens (including phenoxy) is 2. The van der Waals surface area contributed by atoms with Gasteiger partial charge in [-0.2, -0.15) is 0 Å². The zero-order valence-corrected chi connectivity index (χ0v) is 22.6. The fourth-order valence-electron chi connectivity index (χ4n) is 5.03. The molecule has 11 nitrogen and oxygen atoms in total. The second-order valence-electron chi connectivity index (χ2n) is 10.0. The Morgan fingerprint density at radius 1 is 1.10 bits per heavy atom. The monoisotopic (exact) mass is 575 g/mol. The molecule has 13 heteroatoms. The molecule has 1 aliphatic carbocycles.